The summed E-state index contributed by atoms with van der Waals surface area (Å²) < 4.78 is 0. The molecule has 24 heavy (non-hydrogen) atoms. The second kappa shape index (κ2) is 7.26. The van der Waals surface area contributed by atoms with Crippen molar-refractivity contribution in [3.8, 4) is 0 Å². The lowest BCUT2D eigenvalue weighted by atomic mass is 9.89. The molecule has 1 aromatic rings. The highest BCUT2D eigenvalue weighted by Gasteiger charge is 2.36. The van der Waals surface area contributed by atoms with E-state index in [1.165, 1.54) is 18.4 Å². The monoisotopic (exact) mass is 328 g/mol. The largest absolute Gasteiger partial charge is 0.341 e. The van der Waals surface area contributed by atoms with E-state index in [-0.39, 0.29) is 11.6 Å². The Morgan fingerprint density at radius 2 is 1.88 bits per heavy atom. The highest BCUT2D eigenvalue weighted by atomic mass is 16.2. The summed E-state index contributed by atoms with van der Waals surface area (Å²) in [4.78, 5) is 15.3. The first-order valence-corrected chi connectivity index (χ1v) is 9.60. The second-order valence-corrected chi connectivity index (χ2v) is 8.29. The van der Waals surface area contributed by atoms with Crippen LogP contribution in [0.1, 0.15) is 64.4 Å². The van der Waals surface area contributed by atoms with E-state index in [2.05, 4.69) is 61.3 Å². The van der Waals surface area contributed by atoms with Crippen LogP contribution in [0.15, 0.2) is 30.3 Å². The van der Waals surface area contributed by atoms with Gasteiger partial charge in [0.25, 0.3) is 0 Å². The van der Waals surface area contributed by atoms with Gasteiger partial charge in [0, 0.05) is 18.6 Å². The average molecular weight is 329 g/mol. The molecule has 1 amide bonds. The standard InChI is InChI=1S/C21H32N2O/c1-4-21(2,3)22-19-14-18(17-8-6-5-7-9-17)12-13-23(20(19)24)15-16-10-11-16/h5-9,16,18-19,22H,4,10-15H2,1-3H3/t18-,19+/m0/s1. The van der Waals surface area contributed by atoms with Crippen LogP contribution >= 0.6 is 0 Å². The van der Waals surface area contributed by atoms with E-state index < -0.39 is 0 Å². The maximum absolute atomic E-state index is 13.1. The molecule has 1 saturated heterocycles. The van der Waals surface area contributed by atoms with Crippen LogP contribution in [0.3, 0.4) is 0 Å². The minimum Gasteiger partial charge on any atom is -0.341 e. The van der Waals surface area contributed by atoms with Gasteiger partial charge < -0.3 is 10.2 Å². The van der Waals surface area contributed by atoms with Gasteiger partial charge in [-0.15, -0.1) is 0 Å². The van der Waals surface area contributed by atoms with Crippen molar-refractivity contribution in [3.63, 3.8) is 0 Å². The molecule has 0 bridgehead atoms. The Kier molecular flexibility index (Phi) is 5.29. The Balaban J connectivity index is 1.79. The predicted molar refractivity (Wildman–Crippen MR) is 99.0 cm³/mol. The third-order valence-electron chi connectivity index (χ3n) is 5.77. The van der Waals surface area contributed by atoms with Crippen molar-refractivity contribution in [2.75, 3.05) is 13.1 Å². The van der Waals surface area contributed by atoms with Crippen LogP contribution in [0.5, 0.6) is 0 Å². The Morgan fingerprint density at radius 3 is 2.50 bits per heavy atom. The number of rotatable bonds is 6. The number of nitrogens with one attached hydrogen (secondary N) is 1. The zero-order chi connectivity index (χ0) is 17.2. The maximum Gasteiger partial charge on any atom is 0.239 e. The Bertz CT molecular complexity index is 550. The van der Waals surface area contributed by atoms with Gasteiger partial charge in [0.15, 0.2) is 0 Å². The summed E-state index contributed by atoms with van der Waals surface area (Å²) in [5.74, 6) is 1.54. The summed E-state index contributed by atoms with van der Waals surface area (Å²) in [6.45, 7) is 8.46. The molecule has 1 heterocycles. The topological polar surface area (TPSA) is 32.3 Å². The van der Waals surface area contributed by atoms with Crippen LogP contribution in [0.2, 0.25) is 0 Å². The zero-order valence-electron chi connectivity index (χ0n) is 15.4. The first-order valence-electron chi connectivity index (χ1n) is 9.60. The average Bonchev–Trinajstić information content (AvgIpc) is 3.41. The lowest BCUT2D eigenvalue weighted by Gasteiger charge is -2.32. The minimum atomic E-state index is -0.0635. The summed E-state index contributed by atoms with van der Waals surface area (Å²) in [5, 5.41) is 3.67. The van der Waals surface area contributed by atoms with Gasteiger partial charge in [0.2, 0.25) is 5.91 Å². The molecule has 3 nitrogen and oxygen atoms in total. The molecule has 1 saturated carbocycles. The summed E-state index contributed by atoms with van der Waals surface area (Å²) in [5.41, 5.74) is 1.37. The van der Waals surface area contributed by atoms with Gasteiger partial charge in [-0.05, 0) is 63.4 Å². The Morgan fingerprint density at radius 1 is 1.17 bits per heavy atom. The molecule has 132 valence electrons. The van der Waals surface area contributed by atoms with E-state index in [0.717, 1.165) is 38.3 Å². The molecule has 0 radical (unpaired) electrons. The third kappa shape index (κ3) is 4.38. The third-order valence-corrected chi connectivity index (χ3v) is 5.77. The van der Waals surface area contributed by atoms with Gasteiger partial charge in [0.1, 0.15) is 0 Å². The molecule has 2 atom stereocenters. The van der Waals surface area contributed by atoms with Gasteiger partial charge in [-0.25, -0.2) is 0 Å². The number of likely N-dealkylation sites (tertiary alicyclic amines) is 1. The Labute approximate surface area is 146 Å². The number of hydrogen-bond acceptors (Lipinski definition) is 2. The highest BCUT2D eigenvalue weighted by Crippen LogP contribution is 2.34. The maximum atomic E-state index is 13.1. The predicted octanol–water partition coefficient (Wildman–Crippen LogP) is 3.95. The van der Waals surface area contributed by atoms with Crippen molar-refractivity contribution < 1.29 is 4.79 Å². The van der Waals surface area contributed by atoms with Gasteiger partial charge in [0.05, 0.1) is 6.04 Å². The molecular formula is C21H32N2O. The molecule has 0 aromatic heterocycles. The van der Waals surface area contributed by atoms with Gasteiger partial charge in [-0.1, -0.05) is 37.3 Å². The van der Waals surface area contributed by atoms with E-state index in [1.807, 2.05) is 0 Å². The first-order chi connectivity index (χ1) is 11.5. The molecule has 1 aliphatic heterocycles. The molecule has 2 fully saturated rings. The van der Waals surface area contributed by atoms with Crippen molar-refractivity contribution in [1.29, 1.82) is 0 Å². The molecule has 1 aliphatic carbocycles. The molecule has 1 aromatic carbocycles. The molecule has 2 aliphatic rings. The molecule has 1 N–H and O–H groups in total. The van der Waals surface area contributed by atoms with Crippen molar-refractivity contribution in [2.24, 2.45) is 5.92 Å². The van der Waals surface area contributed by atoms with Crippen LogP contribution in [-0.4, -0.2) is 35.5 Å². The molecule has 3 rings (SSSR count). The Hall–Kier alpha value is -1.35. The number of carbonyl (C=O) groups is 1. The summed E-state index contributed by atoms with van der Waals surface area (Å²) in [6.07, 6.45) is 5.60. The summed E-state index contributed by atoms with van der Waals surface area (Å²) in [6, 6.07) is 10.7. The van der Waals surface area contributed by atoms with Crippen LogP contribution < -0.4 is 5.32 Å². The number of benzene rings is 1. The summed E-state index contributed by atoms with van der Waals surface area (Å²) >= 11 is 0. The van der Waals surface area contributed by atoms with E-state index >= 15 is 0 Å². The van der Waals surface area contributed by atoms with E-state index in [0.29, 0.717) is 11.8 Å². The van der Waals surface area contributed by atoms with Crippen LogP contribution in [0.4, 0.5) is 0 Å². The fraction of sp³-hybridized carbons (Fsp3) is 0.667. The fourth-order valence-corrected chi connectivity index (χ4v) is 3.66. The first kappa shape index (κ1) is 17.5. The number of hydrogen-bond donors (Lipinski definition) is 1. The second-order valence-electron chi connectivity index (χ2n) is 8.29. The highest BCUT2D eigenvalue weighted by molar-refractivity contribution is 5.82. The van der Waals surface area contributed by atoms with Gasteiger partial charge in [-0.2, -0.15) is 0 Å². The molecular weight excluding hydrogens is 296 g/mol. The van der Waals surface area contributed by atoms with Gasteiger partial charge in [-0.3, -0.25) is 4.79 Å². The lowest BCUT2D eigenvalue weighted by molar-refractivity contribution is -0.133. The van der Waals surface area contributed by atoms with Crippen LogP contribution in [0, 0.1) is 5.92 Å². The van der Waals surface area contributed by atoms with Crippen molar-refractivity contribution in [1.82, 2.24) is 10.2 Å². The van der Waals surface area contributed by atoms with Crippen molar-refractivity contribution >= 4 is 5.91 Å². The lowest BCUT2D eigenvalue weighted by Crippen LogP contribution is -2.53. The number of amides is 1. The fourth-order valence-electron chi connectivity index (χ4n) is 3.66. The smallest absolute Gasteiger partial charge is 0.239 e. The van der Waals surface area contributed by atoms with Crippen molar-refractivity contribution in [3.05, 3.63) is 35.9 Å². The number of carbonyl (C=O) groups excluding carboxylic acids is 1. The molecule has 0 unspecified atom stereocenters. The molecule has 3 heteroatoms. The van der Waals surface area contributed by atoms with Crippen LogP contribution in [-0.2, 0) is 4.79 Å². The van der Waals surface area contributed by atoms with Crippen LogP contribution in [0.25, 0.3) is 0 Å². The van der Waals surface area contributed by atoms with E-state index in [9.17, 15) is 4.79 Å². The summed E-state index contributed by atoms with van der Waals surface area (Å²) in [7, 11) is 0. The number of nitrogens with zero attached hydrogens (tertiary/aromatic N) is 1. The minimum absolute atomic E-state index is 0.00282. The van der Waals surface area contributed by atoms with Gasteiger partial charge >= 0.3 is 0 Å². The van der Waals surface area contributed by atoms with E-state index in [4.69, 9.17) is 0 Å². The normalized spacial score (nSPS) is 25.6. The van der Waals surface area contributed by atoms with Crippen molar-refractivity contribution in [2.45, 2.75) is 70.4 Å². The van der Waals surface area contributed by atoms with E-state index in [1.54, 1.807) is 0 Å². The molecule has 0 spiro atoms. The zero-order valence-corrected chi connectivity index (χ0v) is 15.4. The quantitative estimate of drug-likeness (QED) is 0.857. The SMILES string of the molecule is CCC(C)(C)N[C@@H]1C[C@@H](c2ccccc2)CCN(CC2CC2)C1=O.